The highest BCUT2D eigenvalue weighted by atomic mass is 35.5. The van der Waals surface area contributed by atoms with Crippen molar-refractivity contribution >= 4 is 29.1 Å². The van der Waals surface area contributed by atoms with Gasteiger partial charge in [0.05, 0.1) is 12.7 Å². The largest absolute Gasteiger partial charge is 0.481 e. The predicted molar refractivity (Wildman–Crippen MR) is 72.4 cm³/mol. The van der Waals surface area contributed by atoms with Gasteiger partial charge >= 0.3 is 0 Å². The molecule has 0 bridgehead atoms. The van der Waals surface area contributed by atoms with Gasteiger partial charge in [-0.25, -0.2) is 4.98 Å². The van der Waals surface area contributed by atoms with Gasteiger partial charge in [-0.1, -0.05) is 23.7 Å². The second-order valence-electron chi connectivity index (χ2n) is 3.60. The van der Waals surface area contributed by atoms with Crippen molar-refractivity contribution in [3.05, 3.63) is 41.0 Å². The van der Waals surface area contributed by atoms with E-state index in [0.29, 0.717) is 11.3 Å². The second-order valence-corrected chi connectivity index (χ2v) is 3.99. The van der Waals surface area contributed by atoms with Crippen LogP contribution in [-0.4, -0.2) is 23.0 Å². The summed E-state index contributed by atoms with van der Waals surface area (Å²) < 4.78 is 4.94. The van der Waals surface area contributed by atoms with Crippen LogP contribution in [0.2, 0.25) is 5.15 Å². The van der Waals surface area contributed by atoms with E-state index in [4.69, 9.17) is 22.1 Å². The molecule has 0 unspecified atom stereocenters. The average Bonchev–Trinajstić information content (AvgIpc) is 2.38. The molecular weight excluding hydrogens is 268 g/mol. The zero-order valence-corrected chi connectivity index (χ0v) is 10.8. The molecule has 0 radical (unpaired) electrons. The Labute approximate surface area is 114 Å². The van der Waals surface area contributed by atoms with Crippen molar-refractivity contribution in [3.8, 4) is 5.88 Å². The Hall–Kier alpha value is -2.34. The third-order valence-electron chi connectivity index (χ3n) is 2.31. The van der Waals surface area contributed by atoms with E-state index < -0.39 is 5.91 Å². The van der Waals surface area contributed by atoms with E-state index in [1.54, 1.807) is 24.3 Å². The summed E-state index contributed by atoms with van der Waals surface area (Å²) in [6, 6.07) is 8.13. The van der Waals surface area contributed by atoms with Crippen molar-refractivity contribution in [2.45, 2.75) is 0 Å². The minimum absolute atomic E-state index is 0.0533. The summed E-state index contributed by atoms with van der Waals surface area (Å²) in [5.74, 6) is -0.101. The number of hydrogen-bond acceptors (Lipinski definition) is 5. The highest BCUT2D eigenvalue weighted by Crippen LogP contribution is 2.17. The van der Waals surface area contributed by atoms with Gasteiger partial charge < -0.3 is 10.5 Å². The summed E-state index contributed by atoms with van der Waals surface area (Å²) in [6.45, 7) is 0. The number of nitrogens with two attached hydrogens (primary N) is 1. The topological polar surface area (TPSA) is 90.1 Å². The number of methoxy groups -OCH3 is 1. The van der Waals surface area contributed by atoms with Crippen molar-refractivity contribution in [1.82, 2.24) is 9.97 Å². The first-order chi connectivity index (χ1) is 9.10. The number of ether oxygens (including phenoxy) is 1. The summed E-state index contributed by atoms with van der Waals surface area (Å²) in [7, 11) is 1.44. The number of anilines is 2. The number of nitrogens with one attached hydrogen (secondary N) is 1. The highest BCUT2D eigenvalue weighted by Gasteiger charge is 2.12. The van der Waals surface area contributed by atoms with Crippen molar-refractivity contribution in [2.75, 3.05) is 18.2 Å². The van der Waals surface area contributed by atoms with Gasteiger partial charge in [0.25, 0.3) is 5.91 Å². The smallest absolute Gasteiger partial charge is 0.260 e. The number of para-hydroxylation sites is 1. The van der Waals surface area contributed by atoms with Crippen molar-refractivity contribution < 1.29 is 9.53 Å². The van der Waals surface area contributed by atoms with Crippen LogP contribution in [0, 0.1) is 0 Å². The van der Waals surface area contributed by atoms with E-state index in [-0.39, 0.29) is 17.0 Å². The standard InChI is InChI=1S/C12H11ClN4O2/c1-19-10-6-9(13)15-12(16-10)17-11(18)7-4-2-3-5-8(7)14/h2-6H,14H2,1H3,(H,15,16,17,18). The lowest BCUT2D eigenvalue weighted by Gasteiger charge is -2.07. The molecule has 7 heteroatoms. The van der Waals surface area contributed by atoms with E-state index in [0.717, 1.165) is 0 Å². The molecule has 6 nitrogen and oxygen atoms in total. The Balaban J connectivity index is 2.24. The number of carbonyl (C=O) groups is 1. The monoisotopic (exact) mass is 278 g/mol. The molecule has 2 rings (SSSR count). The molecule has 0 aliphatic heterocycles. The van der Waals surface area contributed by atoms with E-state index >= 15 is 0 Å². The molecule has 1 aromatic carbocycles. The Bertz CT molecular complexity index is 618. The number of hydrogen-bond donors (Lipinski definition) is 2. The molecular formula is C12H11ClN4O2. The molecule has 0 aliphatic carbocycles. The van der Waals surface area contributed by atoms with Gasteiger partial charge in [0, 0.05) is 11.8 Å². The summed E-state index contributed by atoms with van der Waals surface area (Å²) in [5, 5.41) is 2.68. The highest BCUT2D eigenvalue weighted by molar-refractivity contribution is 6.29. The molecule has 0 aliphatic rings. The number of benzene rings is 1. The summed E-state index contributed by atoms with van der Waals surface area (Å²) in [5.41, 5.74) is 6.42. The SMILES string of the molecule is COc1cc(Cl)nc(NC(=O)c2ccccc2N)n1. The van der Waals surface area contributed by atoms with Crippen molar-refractivity contribution in [1.29, 1.82) is 0 Å². The maximum atomic E-state index is 12.0. The number of carbonyl (C=O) groups excluding carboxylic acids is 1. The molecule has 1 heterocycles. The van der Waals surface area contributed by atoms with Crippen molar-refractivity contribution in [2.24, 2.45) is 0 Å². The maximum Gasteiger partial charge on any atom is 0.260 e. The molecule has 1 amide bonds. The van der Waals surface area contributed by atoms with E-state index in [1.807, 2.05) is 0 Å². The Morgan fingerprint density at radius 1 is 1.37 bits per heavy atom. The summed E-state index contributed by atoms with van der Waals surface area (Å²) >= 11 is 5.78. The van der Waals surface area contributed by atoms with E-state index in [2.05, 4.69) is 15.3 Å². The van der Waals surface area contributed by atoms with Crippen LogP contribution in [0.25, 0.3) is 0 Å². The Kier molecular flexibility index (Phi) is 3.82. The predicted octanol–water partition coefficient (Wildman–Crippen LogP) is 1.97. The van der Waals surface area contributed by atoms with Crippen LogP contribution in [0.1, 0.15) is 10.4 Å². The number of nitrogens with zero attached hydrogens (tertiary/aromatic N) is 2. The third kappa shape index (κ3) is 3.11. The molecule has 2 aromatic rings. The van der Waals surface area contributed by atoms with Gasteiger partial charge in [-0.2, -0.15) is 4.98 Å². The molecule has 0 fully saturated rings. The van der Waals surface area contributed by atoms with Gasteiger partial charge in [-0.05, 0) is 12.1 Å². The Morgan fingerprint density at radius 3 is 2.79 bits per heavy atom. The van der Waals surface area contributed by atoms with E-state index in [9.17, 15) is 4.79 Å². The zero-order valence-electron chi connectivity index (χ0n) is 10.1. The molecule has 3 N–H and O–H groups in total. The average molecular weight is 279 g/mol. The lowest BCUT2D eigenvalue weighted by atomic mass is 10.2. The van der Waals surface area contributed by atoms with Gasteiger partial charge in [-0.3, -0.25) is 10.1 Å². The van der Waals surface area contributed by atoms with E-state index in [1.165, 1.54) is 13.2 Å². The van der Waals surface area contributed by atoms with Gasteiger partial charge in [0.1, 0.15) is 5.15 Å². The minimum Gasteiger partial charge on any atom is -0.481 e. The van der Waals surface area contributed by atoms with Crippen molar-refractivity contribution in [3.63, 3.8) is 0 Å². The van der Waals surface area contributed by atoms with Crippen LogP contribution in [0.15, 0.2) is 30.3 Å². The first kappa shape index (κ1) is 13.1. The molecule has 98 valence electrons. The minimum atomic E-state index is -0.414. The first-order valence-corrected chi connectivity index (χ1v) is 5.72. The molecule has 19 heavy (non-hydrogen) atoms. The van der Waals surface area contributed by atoms with Crippen LogP contribution in [-0.2, 0) is 0 Å². The number of aromatic nitrogens is 2. The fourth-order valence-electron chi connectivity index (χ4n) is 1.43. The van der Waals surface area contributed by atoms with Crippen LogP contribution in [0.5, 0.6) is 5.88 Å². The van der Waals surface area contributed by atoms with Crippen LogP contribution in [0.3, 0.4) is 0 Å². The lowest BCUT2D eigenvalue weighted by Crippen LogP contribution is -2.16. The normalized spacial score (nSPS) is 10.0. The Morgan fingerprint density at radius 2 is 2.11 bits per heavy atom. The molecule has 1 aromatic heterocycles. The zero-order chi connectivity index (χ0) is 13.8. The van der Waals surface area contributed by atoms with Gasteiger partial charge in [0.2, 0.25) is 11.8 Å². The summed E-state index contributed by atoms with van der Waals surface area (Å²) in [4.78, 5) is 19.8. The number of halogens is 1. The third-order valence-corrected chi connectivity index (χ3v) is 2.50. The number of rotatable bonds is 3. The quantitative estimate of drug-likeness (QED) is 0.662. The molecule has 0 saturated carbocycles. The fourth-order valence-corrected chi connectivity index (χ4v) is 1.60. The fraction of sp³-hybridized carbons (Fsp3) is 0.0833. The molecule has 0 atom stereocenters. The van der Waals surface area contributed by atoms with Gasteiger partial charge in [-0.15, -0.1) is 0 Å². The molecule has 0 spiro atoms. The van der Waals surface area contributed by atoms with Gasteiger partial charge in [0.15, 0.2) is 0 Å². The second kappa shape index (κ2) is 5.53. The summed E-state index contributed by atoms with van der Waals surface area (Å²) in [6.07, 6.45) is 0. The lowest BCUT2D eigenvalue weighted by molar-refractivity contribution is 0.102. The number of nitrogen functional groups attached to an aromatic ring is 1. The van der Waals surface area contributed by atoms with Crippen LogP contribution < -0.4 is 15.8 Å². The van der Waals surface area contributed by atoms with Crippen LogP contribution >= 0.6 is 11.6 Å². The van der Waals surface area contributed by atoms with Crippen LogP contribution in [0.4, 0.5) is 11.6 Å². The number of amides is 1. The first-order valence-electron chi connectivity index (χ1n) is 5.34. The maximum absolute atomic E-state index is 12.0. The molecule has 0 saturated heterocycles.